The van der Waals surface area contributed by atoms with Crippen LogP contribution in [0.4, 0.5) is 0 Å². The van der Waals surface area contributed by atoms with Gasteiger partial charge in [0, 0.05) is 17.4 Å². The van der Waals surface area contributed by atoms with Crippen LogP contribution in [0.25, 0.3) is 0 Å². The molecule has 2 saturated carbocycles. The number of quaternary nitrogens is 1. The molecule has 3 aliphatic rings. The molecule has 0 amide bonds. The maximum atomic E-state index is 12.1. The molecule has 2 aliphatic carbocycles. The highest BCUT2D eigenvalue weighted by Crippen LogP contribution is 2.64. The number of benzene rings is 2. The highest BCUT2D eigenvalue weighted by molar-refractivity contribution is 7.89. The summed E-state index contributed by atoms with van der Waals surface area (Å²) in [7, 11) is -7.72. The van der Waals surface area contributed by atoms with Gasteiger partial charge in [-0.2, -0.15) is 4.72 Å². The first kappa shape index (κ1) is 25.0. The zero-order valence-corrected chi connectivity index (χ0v) is 20.9. The lowest BCUT2D eigenvalue weighted by atomic mass is 9.70. The van der Waals surface area contributed by atoms with Crippen LogP contribution in [0.2, 0.25) is 0 Å². The molecule has 5 rings (SSSR count). The smallest absolute Gasteiger partial charge is 0.241 e. The lowest BCUT2D eigenvalue weighted by Crippen LogP contribution is -2.58. The van der Waals surface area contributed by atoms with E-state index in [1.807, 2.05) is 56.3 Å². The molecule has 2 aromatic carbocycles. The van der Waals surface area contributed by atoms with Gasteiger partial charge in [-0.05, 0) is 35.8 Å². The monoisotopic (exact) mass is 506 g/mol. The first-order valence-corrected chi connectivity index (χ1v) is 14.3. The Hall–Kier alpha value is -2.11. The maximum Gasteiger partial charge on any atom is 0.241 e. The number of Topliss-reactive ketones (excluding diaryl/α,β-unsaturated/α-hetero) is 1. The van der Waals surface area contributed by atoms with Gasteiger partial charge in [0.25, 0.3) is 0 Å². The van der Waals surface area contributed by atoms with E-state index in [1.165, 1.54) is 0 Å². The highest BCUT2D eigenvalue weighted by atomic mass is 32.2. The van der Waals surface area contributed by atoms with E-state index < -0.39 is 31.3 Å². The number of fused-ring (bicyclic) bond motifs is 3. The van der Waals surface area contributed by atoms with Gasteiger partial charge in [-0.1, -0.05) is 62.4 Å². The molecule has 0 aromatic heterocycles. The van der Waals surface area contributed by atoms with Crippen LogP contribution in [0.1, 0.15) is 56.3 Å². The summed E-state index contributed by atoms with van der Waals surface area (Å²) in [6, 6.07) is 16.3. The van der Waals surface area contributed by atoms with Gasteiger partial charge in [0.2, 0.25) is 10.0 Å². The maximum absolute atomic E-state index is 12.1. The number of rotatable bonds is 4. The van der Waals surface area contributed by atoms with Crippen LogP contribution < -0.4 is 10.5 Å². The second-order valence-electron chi connectivity index (χ2n) is 10.0. The molecule has 0 radical (unpaired) electrons. The Morgan fingerprint density at radius 1 is 1.12 bits per heavy atom. The Bertz CT molecular complexity index is 1310. The van der Waals surface area contributed by atoms with Crippen LogP contribution in [-0.4, -0.2) is 32.9 Å². The molecule has 34 heavy (non-hydrogen) atoms. The summed E-state index contributed by atoms with van der Waals surface area (Å²) in [5.41, 5.74) is 4.72. The van der Waals surface area contributed by atoms with E-state index in [4.69, 9.17) is 0 Å². The molecule has 0 unspecified atom stereocenters. The van der Waals surface area contributed by atoms with Crippen molar-refractivity contribution in [1.82, 2.24) is 4.72 Å². The third-order valence-corrected chi connectivity index (χ3v) is 10.4. The summed E-state index contributed by atoms with van der Waals surface area (Å²) < 4.78 is 59.5. The average molecular weight is 507 g/mol. The van der Waals surface area contributed by atoms with Crippen molar-refractivity contribution in [3.8, 4) is 0 Å². The van der Waals surface area contributed by atoms with E-state index >= 15 is 0 Å². The quantitative estimate of drug-likeness (QED) is 0.606. The van der Waals surface area contributed by atoms with E-state index in [0.717, 1.165) is 17.5 Å². The number of hydrogen-bond acceptors (Lipinski definition) is 6. The summed E-state index contributed by atoms with van der Waals surface area (Å²) in [6.07, 6.45) is 1.88. The Morgan fingerprint density at radius 2 is 1.74 bits per heavy atom. The van der Waals surface area contributed by atoms with Crippen molar-refractivity contribution in [2.24, 2.45) is 16.7 Å². The average Bonchev–Trinajstić information content (AvgIpc) is 3.25. The van der Waals surface area contributed by atoms with Crippen LogP contribution in [0.15, 0.2) is 59.5 Å². The van der Waals surface area contributed by atoms with Gasteiger partial charge in [-0.25, -0.2) is 16.8 Å². The molecule has 0 saturated heterocycles. The standard InChI is InChI=1S/C14H14N2O2S.C10H16O4S/c15-13(10-6-2-1-3-7-10)14-11-8-4-5-9-12(11)19(17,18)16-14;1-9(2)7-3-4-10(9,8(11)5-7)6-15(12,13)14/h1-9,13-14,16H,15H2;7H,3-6H2,1-2H3,(H,12,13,14)/t13-,14-;7-,10-/m11/s1. The van der Waals surface area contributed by atoms with Gasteiger partial charge in [-0.15, -0.1) is 0 Å². The van der Waals surface area contributed by atoms with E-state index in [1.54, 1.807) is 12.1 Å². The molecule has 184 valence electrons. The number of sulfonamides is 1. The van der Waals surface area contributed by atoms with Crippen molar-refractivity contribution >= 4 is 25.9 Å². The number of ketones is 1. The van der Waals surface area contributed by atoms with Gasteiger partial charge in [0.1, 0.15) is 17.9 Å². The minimum atomic E-state index is -4.33. The zero-order valence-electron chi connectivity index (χ0n) is 19.2. The van der Waals surface area contributed by atoms with E-state index in [0.29, 0.717) is 17.7 Å². The van der Waals surface area contributed by atoms with Crippen molar-refractivity contribution in [2.45, 2.75) is 50.1 Å². The third kappa shape index (κ3) is 4.22. The summed E-state index contributed by atoms with van der Waals surface area (Å²) in [5.74, 6) is -0.280. The van der Waals surface area contributed by atoms with Gasteiger partial charge >= 0.3 is 0 Å². The SMILES string of the molecule is CC1(C)[C@@H]2CC[C@@]1(CS(=O)(=O)[O-])C(=O)C2.[NH3+][C@H](c1ccccc1)[C@@H]1NS(=O)(=O)c2ccccc21. The normalized spacial score (nSPS) is 29.2. The predicted molar refractivity (Wildman–Crippen MR) is 125 cm³/mol. The third-order valence-electron chi connectivity index (χ3n) is 8.02. The van der Waals surface area contributed by atoms with E-state index in [9.17, 15) is 26.2 Å². The van der Waals surface area contributed by atoms with Crippen molar-refractivity contribution in [3.05, 3.63) is 65.7 Å². The summed E-state index contributed by atoms with van der Waals surface area (Å²) in [4.78, 5) is 12.2. The number of nitrogens with one attached hydrogen (secondary N) is 1. The van der Waals surface area contributed by atoms with Crippen molar-refractivity contribution in [2.75, 3.05) is 5.75 Å². The Kier molecular flexibility index (Phi) is 6.27. The number of hydrogen-bond donors (Lipinski definition) is 2. The molecule has 2 aromatic rings. The van der Waals surface area contributed by atoms with Crippen LogP contribution in [0.3, 0.4) is 0 Å². The molecular weight excluding hydrogens is 476 g/mol. The zero-order chi connectivity index (χ0) is 24.9. The van der Waals surface area contributed by atoms with Crippen LogP contribution in [0, 0.1) is 16.7 Å². The van der Waals surface area contributed by atoms with Crippen LogP contribution >= 0.6 is 0 Å². The van der Waals surface area contributed by atoms with Crippen molar-refractivity contribution < 1.29 is 31.9 Å². The lowest BCUT2D eigenvalue weighted by molar-refractivity contribution is -0.433. The molecule has 0 spiro atoms. The molecule has 1 aliphatic heterocycles. The van der Waals surface area contributed by atoms with E-state index in [2.05, 4.69) is 10.5 Å². The Morgan fingerprint density at radius 3 is 2.29 bits per heavy atom. The summed E-state index contributed by atoms with van der Waals surface area (Å²) >= 11 is 0. The Balaban J connectivity index is 0.000000166. The predicted octanol–water partition coefficient (Wildman–Crippen LogP) is 1.93. The molecule has 2 fully saturated rings. The summed E-state index contributed by atoms with van der Waals surface area (Å²) in [6.45, 7) is 3.83. The minimum absolute atomic E-state index is 0.0248. The van der Waals surface area contributed by atoms with E-state index in [-0.39, 0.29) is 29.2 Å². The van der Waals surface area contributed by atoms with Gasteiger partial charge in [0.15, 0.2) is 0 Å². The topological polar surface area (TPSA) is 148 Å². The molecule has 4 N–H and O–H groups in total. The first-order chi connectivity index (χ1) is 15.8. The highest BCUT2D eigenvalue weighted by Gasteiger charge is 2.64. The fourth-order valence-corrected chi connectivity index (χ4v) is 8.67. The lowest BCUT2D eigenvalue weighted by Gasteiger charge is -2.37. The molecular formula is C24H30N2O6S2. The molecule has 8 nitrogen and oxygen atoms in total. The van der Waals surface area contributed by atoms with Crippen LogP contribution in [-0.2, 0) is 24.9 Å². The van der Waals surface area contributed by atoms with Crippen molar-refractivity contribution in [1.29, 1.82) is 0 Å². The van der Waals surface area contributed by atoms with Crippen molar-refractivity contribution in [3.63, 3.8) is 0 Å². The largest absolute Gasteiger partial charge is 0.748 e. The van der Waals surface area contributed by atoms with Gasteiger partial charge < -0.3 is 10.3 Å². The number of carbonyl (C=O) groups excluding carboxylic acids is 1. The second kappa shape index (κ2) is 8.53. The van der Waals surface area contributed by atoms with Crippen LogP contribution in [0.5, 0.6) is 0 Å². The second-order valence-corrected chi connectivity index (χ2v) is 13.1. The van der Waals surface area contributed by atoms with Gasteiger partial charge in [0.05, 0.1) is 20.8 Å². The molecule has 2 bridgehead atoms. The Labute approximate surface area is 200 Å². The first-order valence-electron chi connectivity index (χ1n) is 11.2. The number of carbonyl (C=O) groups is 1. The molecule has 1 heterocycles. The summed E-state index contributed by atoms with van der Waals surface area (Å²) in [5, 5.41) is 0. The van der Waals surface area contributed by atoms with Gasteiger partial charge in [-0.3, -0.25) is 4.79 Å². The molecule has 4 atom stereocenters. The fraction of sp³-hybridized carbons (Fsp3) is 0.458. The molecule has 10 heteroatoms. The minimum Gasteiger partial charge on any atom is -0.748 e. The fourth-order valence-electron chi connectivity index (χ4n) is 5.88.